The Hall–Kier alpha value is -1.60. The molecule has 1 aromatic rings. The smallest absolute Gasteiger partial charge is 0.242 e. The first-order valence-corrected chi connectivity index (χ1v) is 11.5. The minimum absolute atomic E-state index is 0.153. The van der Waals surface area contributed by atoms with Crippen LogP contribution in [0, 0.1) is 5.92 Å². The number of hydrogen-bond donors (Lipinski definition) is 1. The van der Waals surface area contributed by atoms with Gasteiger partial charge in [-0.1, -0.05) is 6.07 Å². The third kappa shape index (κ3) is 7.09. The lowest BCUT2D eigenvalue weighted by Crippen LogP contribution is -2.46. The van der Waals surface area contributed by atoms with Crippen LogP contribution in [0.15, 0.2) is 22.5 Å². The minimum atomic E-state index is 0.153. The molecule has 0 aromatic carbocycles. The van der Waals surface area contributed by atoms with Crippen molar-refractivity contribution in [2.75, 3.05) is 52.9 Å². The highest BCUT2D eigenvalue weighted by Crippen LogP contribution is 2.21. The van der Waals surface area contributed by atoms with Crippen molar-refractivity contribution < 1.29 is 4.79 Å². The first kappa shape index (κ1) is 22.7. The first-order chi connectivity index (χ1) is 13.6. The van der Waals surface area contributed by atoms with E-state index in [1.165, 1.54) is 17.7 Å². The van der Waals surface area contributed by atoms with Crippen LogP contribution in [-0.2, 0) is 11.3 Å². The normalized spacial score (nSPS) is 16.2. The molecule has 1 aliphatic heterocycles. The molecule has 1 fully saturated rings. The molecular weight excluding hydrogens is 370 g/mol. The van der Waals surface area contributed by atoms with Crippen LogP contribution >= 0.6 is 11.3 Å². The number of nitrogens with one attached hydrogen (secondary N) is 1. The van der Waals surface area contributed by atoms with Gasteiger partial charge in [-0.15, -0.1) is 11.3 Å². The Morgan fingerprint density at radius 2 is 2.00 bits per heavy atom. The van der Waals surface area contributed by atoms with E-state index in [1.54, 1.807) is 0 Å². The summed E-state index contributed by atoms with van der Waals surface area (Å²) >= 11 is 1.84. The summed E-state index contributed by atoms with van der Waals surface area (Å²) in [5.41, 5.74) is 0. The lowest BCUT2D eigenvalue weighted by Gasteiger charge is -2.31. The van der Waals surface area contributed by atoms with Crippen LogP contribution in [-0.4, -0.2) is 79.4 Å². The van der Waals surface area contributed by atoms with Gasteiger partial charge < -0.3 is 15.1 Å². The van der Waals surface area contributed by atoms with E-state index in [1.807, 2.05) is 42.0 Å². The highest BCUT2D eigenvalue weighted by atomic mass is 32.1. The second-order valence-electron chi connectivity index (χ2n) is 7.42. The Labute approximate surface area is 174 Å². The van der Waals surface area contributed by atoms with Crippen molar-refractivity contribution in [1.82, 2.24) is 20.0 Å². The maximum atomic E-state index is 12.4. The molecule has 0 radical (unpaired) electrons. The number of aliphatic imine (C=N–C) groups is 1. The molecule has 28 heavy (non-hydrogen) atoms. The molecule has 0 saturated carbocycles. The van der Waals surface area contributed by atoms with Gasteiger partial charge in [-0.25, -0.2) is 0 Å². The quantitative estimate of drug-likeness (QED) is 0.505. The summed E-state index contributed by atoms with van der Waals surface area (Å²) in [5, 5.41) is 5.49. The molecule has 1 aliphatic rings. The Morgan fingerprint density at radius 3 is 2.57 bits per heavy atom. The van der Waals surface area contributed by atoms with E-state index in [9.17, 15) is 4.79 Å². The highest BCUT2D eigenvalue weighted by molar-refractivity contribution is 7.09. The van der Waals surface area contributed by atoms with E-state index in [-0.39, 0.29) is 5.91 Å². The maximum absolute atomic E-state index is 12.4. The minimum Gasteiger partial charge on any atom is -0.357 e. The molecule has 1 saturated heterocycles. The average Bonchev–Trinajstić information content (AvgIpc) is 3.20. The summed E-state index contributed by atoms with van der Waals surface area (Å²) in [6, 6.07) is 4.35. The summed E-state index contributed by atoms with van der Waals surface area (Å²) in [5.74, 6) is 1.61. The predicted octanol–water partition coefficient (Wildman–Crippen LogP) is 2.73. The Bertz CT molecular complexity index is 592. The van der Waals surface area contributed by atoms with Gasteiger partial charge in [-0.05, 0) is 64.1 Å². The van der Waals surface area contributed by atoms with Gasteiger partial charge in [0.2, 0.25) is 5.91 Å². The van der Waals surface area contributed by atoms with Crippen LogP contribution in [0.25, 0.3) is 0 Å². The van der Waals surface area contributed by atoms with Gasteiger partial charge in [-0.2, -0.15) is 0 Å². The molecule has 0 spiro atoms. The van der Waals surface area contributed by atoms with E-state index in [0.717, 1.165) is 51.8 Å². The van der Waals surface area contributed by atoms with E-state index in [0.29, 0.717) is 12.5 Å². The number of carbonyl (C=O) groups excluding carboxylic acids is 1. The molecule has 2 heterocycles. The number of likely N-dealkylation sites (tertiary alicyclic amines) is 1. The fourth-order valence-electron chi connectivity index (χ4n) is 3.59. The molecule has 7 heteroatoms. The molecular formula is C21H37N5OS. The fraction of sp³-hybridized carbons (Fsp3) is 0.714. The van der Waals surface area contributed by atoms with E-state index in [4.69, 9.17) is 4.99 Å². The lowest BCUT2D eigenvalue weighted by molar-refractivity contribution is -0.131. The van der Waals surface area contributed by atoms with Gasteiger partial charge in [0.05, 0.1) is 6.54 Å². The zero-order valence-corrected chi connectivity index (χ0v) is 18.8. The number of thiophene rings is 1. The van der Waals surface area contributed by atoms with Crippen LogP contribution in [0.4, 0.5) is 0 Å². The number of carbonyl (C=O) groups is 1. The van der Waals surface area contributed by atoms with Gasteiger partial charge in [0.25, 0.3) is 0 Å². The fourth-order valence-corrected chi connectivity index (χ4v) is 4.34. The van der Waals surface area contributed by atoms with Crippen LogP contribution in [0.5, 0.6) is 0 Å². The monoisotopic (exact) mass is 407 g/mol. The van der Waals surface area contributed by atoms with E-state index < -0.39 is 0 Å². The average molecular weight is 408 g/mol. The van der Waals surface area contributed by atoms with E-state index >= 15 is 0 Å². The van der Waals surface area contributed by atoms with Crippen molar-refractivity contribution in [3.63, 3.8) is 0 Å². The van der Waals surface area contributed by atoms with Crippen LogP contribution in [0.1, 0.15) is 38.5 Å². The Kier molecular flexibility index (Phi) is 9.78. The number of rotatable bonds is 9. The summed E-state index contributed by atoms with van der Waals surface area (Å²) in [4.78, 5) is 25.1. The molecule has 1 N–H and O–H groups in total. The summed E-state index contributed by atoms with van der Waals surface area (Å²) < 4.78 is 0. The summed E-state index contributed by atoms with van der Waals surface area (Å²) in [6.45, 7) is 13.0. The summed E-state index contributed by atoms with van der Waals surface area (Å²) in [7, 11) is 1.95. The third-order valence-electron chi connectivity index (χ3n) is 5.35. The molecule has 0 bridgehead atoms. The number of nitrogens with zero attached hydrogens (tertiary/aromatic N) is 4. The van der Waals surface area contributed by atoms with Crippen LogP contribution < -0.4 is 5.32 Å². The van der Waals surface area contributed by atoms with Gasteiger partial charge in [-0.3, -0.25) is 14.7 Å². The molecule has 0 atom stereocenters. The Balaban J connectivity index is 1.82. The van der Waals surface area contributed by atoms with Crippen molar-refractivity contribution in [2.45, 2.75) is 40.2 Å². The van der Waals surface area contributed by atoms with Gasteiger partial charge in [0.15, 0.2) is 5.96 Å². The van der Waals surface area contributed by atoms with Crippen molar-refractivity contribution >= 4 is 23.2 Å². The second-order valence-corrected chi connectivity index (χ2v) is 8.45. The van der Waals surface area contributed by atoms with Gasteiger partial charge >= 0.3 is 0 Å². The van der Waals surface area contributed by atoms with Gasteiger partial charge in [0, 0.05) is 44.6 Å². The lowest BCUT2D eigenvalue weighted by atomic mass is 9.97. The number of piperidine rings is 1. The third-order valence-corrected chi connectivity index (χ3v) is 6.21. The van der Waals surface area contributed by atoms with Crippen molar-refractivity contribution in [1.29, 1.82) is 0 Å². The van der Waals surface area contributed by atoms with Crippen molar-refractivity contribution in [3.05, 3.63) is 22.4 Å². The zero-order chi connectivity index (χ0) is 20.4. The van der Waals surface area contributed by atoms with Crippen LogP contribution in [0.2, 0.25) is 0 Å². The van der Waals surface area contributed by atoms with Crippen molar-refractivity contribution in [2.24, 2.45) is 10.9 Å². The predicted molar refractivity (Wildman–Crippen MR) is 119 cm³/mol. The number of likely N-dealkylation sites (N-methyl/N-ethyl adjacent to an activating group) is 2. The SMILES string of the molecule is CCNC(=NCC1CCN(Cc2cccs2)CC1)N(C)CC(=O)N(CC)CC. The largest absolute Gasteiger partial charge is 0.357 e. The van der Waals surface area contributed by atoms with E-state index in [2.05, 4.69) is 34.7 Å². The number of hydrogen-bond acceptors (Lipinski definition) is 4. The molecule has 1 amide bonds. The number of guanidine groups is 1. The zero-order valence-electron chi connectivity index (χ0n) is 18.0. The molecule has 0 unspecified atom stereocenters. The second kappa shape index (κ2) is 12.1. The van der Waals surface area contributed by atoms with Crippen molar-refractivity contribution in [3.8, 4) is 0 Å². The standard InChI is InChI=1S/C21H37N5OS/c1-5-22-21(24(4)17-20(27)26(6-2)7-3)23-15-18-10-12-25(13-11-18)16-19-9-8-14-28-19/h8-9,14,18H,5-7,10-13,15-17H2,1-4H3,(H,22,23). The molecule has 1 aromatic heterocycles. The first-order valence-electron chi connectivity index (χ1n) is 10.6. The number of amides is 1. The molecule has 2 rings (SSSR count). The molecule has 6 nitrogen and oxygen atoms in total. The Morgan fingerprint density at radius 1 is 1.29 bits per heavy atom. The maximum Gasteiger partial charge on any atom is 0.242 e. The van der Waals surface area contributed by atoms with Crippen LogP contribution in [0.3, 0.4) is 0 Å². The summed E-state index contributed by atoms with van der Waals surface area (Å²) in [6.07, 6.45) is 2.38. The topological polar surface area (TPSA) is 51.2 Å². The molecule has 158 valence electrons. The molecule has 0 aliphatic carbocycles. The highest BCUT2D eigenvalue weighted by Gasteiger charge is 2.20. The van der Waals surface area contributed by atoms with Gasteiger partial charge in [0.1, 0.15) is 0 Å².